The molecule has 3 aliphatic heterocycles. The second-order valence-electron chi connectivity index (χ2n) is 7.48. The Morgan fingerprint density at radius 2 is 1.93 bits per heavy atom. The smallest absolute Gasteiger partial charge is 0.256 e. The van der Waals surface area contributed by atoms with Crippen molar-refractivity contribution in [2.75, 3.05) is 11.9 Å². The number of fused-ring (bicyclic) bond motifs is 4. The molecule has 2 saturated heterocycles. The number of nitro groups is 1. The summed E-state index contributed by atoms with van der Waals surface area (Å²) in [6, 6.07) is 13.5. The van der Waals surface area contributed by atoms with E-state index >= 15 is 0 Å². The van der Waals surface area contributed by atoms with Crippen LogP contribution in [-0.2, 0) is 10.3 Å². The highest BCUT2D eigenvalue weighted by Gasteiger charge is 2.73. The van der Waals surface area contributed by atoms with Gasteiger partial charge in [0.1, 0.15) is 0 Å². The zero-order valence-electron chi connectivity index (χ0n) is 14.5. The molecule has 138 valence electrons. The van der Waals surface area contributed by atoms with Crippen LogP contribution in [-0.4, -0.2) is 34.4 Å². The second-order valence-corrected chi connectivity index (χ2v) is 7.91. The molecule has 0 aliphatic carbocycles. The highest BCUT2D eigenvalue weighted by Crippen LogP contribution is 2.57. The Kier molecular flexibility index (Phi) is 3.58. The third kappa shape index (κ3) is 2.08. The third-order valence-electron chi connectivity index (χ3n) is 6.35. The lowest BCUT2D eigenvalue weighted by Crippen LogP contribution is -2.55. The fourth-order valence-corrected chi connectivity index (χ4v) is 5.59. The third-order valence-corrected chi connectivity index (χ3v) is 6.60. The zero-order chi connectivity index (χ0) is 18.8. The average molecular weight is 384 g/mol. The van der Waals surface area contributed by atoms with Crippen LogP contribution in [0.2, 0.25) is 5.02 Å². The van der Waals surface area contributed by atoms with Crippen molar-refractivity contribution in [1.29, 1.82) is 0 Å². The summed E-state index contributed by atoms with van der Waals surface area (Å²) < 4.78 is 0. The maximum atomic E-state index is 13.3. The molecule has 1 amide bonds. The van der Waals surface area contributed by atoms with Crippen LogP contribution in [0.15, 0.2) is 48.5 Å². The quantitative estimate of drug-likeness (QED) is 0.637. The molecule has 1 spiro atoms. The van der Waals surface area contributed by atoms with Gasteiger partial charge in [-0.15, -0.1) is 0 Å². The van der Waals surface area contributed by atoms with E-state index in [0.717, 1.165) is 24.0 Å². The van der Waals surface area contributed by atoms with E-state index in [9.17, 15) is 14.9 Å². The number of carbonyl (C=O) groups excluding carboxylic acids is 1. The summed E-state index contributed by atoms with van der Waals surface area (Å²) in [4.78, 5) is 27.5. The van der Waals surface area contributed by atoms with E-state index < -0.39 is 11.6 Å². The minimum Gasteiger partial charge on any atom is -0.324 e. The monoisotopic (exact) mass is 383 g/mol. The highest BCUT2D eigenvalue weighted by atomic mass is 35.5. The van der Waals surface area contributed by atoms with Crippen LogP contribution in [0.3, 0.4) is 0 Å². The molecule has 1 N–H and O–H groups in total. The van der Waals surface area contributed by atoms with Crippen LogP contribution in [0.1, 0.15) is 29.9 Å². The van der Waals surface area contributed by atoms with Gasteiger partial charge in [0.15, 0.2) is 5.54 Å². The SMILES string of the molecule is O=C1Nc2ccccc2[C@]12[C@H]([N+](=O)[O-])[C@H](c1ccc(Cl)cc1)[C@H]1CCCN12. The predicted molar refractivity (Wildman–Crippen MR) is 101 cm³/mol. The first-order chi connectivity index (χ1) is 13.0. The lowest BCUT2D eigenvalue weighted by Gasteiger charge is -2.32. The Labute approximate surface area is 161 Å². The average Bonchev–Trinajstić information content (AvgIpc) is 3.30. The fourth-order valence-electron chi connectivity index (χ4n) is 5.46. The molecule has 2 aromatic carbocycles. The van der Waals surface area contributed by atoms with Crippen molar-refractivity contribution >= 4 is 23.2 Å². The summed E-state index contributed by atoms with van der Waals surface area (Å²) in [6.07, 6.45) is 1.77. The van der Waals surface area contributed by atoms with Crippen molar-refractivity contribution in [3.63, 3.8) is 0 Å². The second kappa shape index (κ2) is 5.78. The summed E-state index contributed by atoms with van der Waals surface area (Å²) in [5.74, 6) is -0.648. The van der Waals surface area contributed by atoms with Crippen LogP contribution in [0.5, 0.6) is 0 Å². The number of anilines is 1. The van der Waals surface area contributed by atoms with Gasteiger partial charge >= 0.3 is 0 Å². The Hall–Kier alpha value is -2.44. The van der Waals surface area contributed by atoms with E-state index in [1.54, 1.807) is 12.1 Å². The highest BCUT2D eigenvalue weighted by molar-refractivity contribution is 6.30. The summed E-state index contributed by atoms with van der Waals surface area (Å²) >= 11 is 6.03. The molecule has 3 aliphatic rings. The van der Waals surface area contributed by atoms with Crippen LogP contribution in [0.4, 0.5) is 5.69 Å². The van der Waals surface area contributed by atoms with E-state index in [0.29, 0.717) is 17.3 Å². The molecule has 4 atom stereocenters. The van der Waals surface area contributed by atoms with Gasteiger partial charge in [-0.05, 0) is 36.6 Å². The molecule has 27 heavy (non-hydrogen) atoms. The summed E-state index contributed by atoms with van der Waals surface area (Å²) in [6.45, 7) is 0.681. The number of hydrogen-bond acceptors (Lipinski definition) is 4. The first-order valence-corrected chi connectivity index (χ1v) is 9.49. The van der Waals surface area contributed by atoms with Gasteiger partial charge < -0.3 is 5.32 Å². The largest absolute Gasteiger partial charge is 0.324 e. The van der Waals surface area contributed by atoms with Gasteiger partial charge in [0.2, 0.25) is 0 Å². The summed E-state index contributed by atoms with van der Waals surface area (Å²) in [5, 5.41) is 15.9. The number of nitrogens with zero attached hydrogens (tertiary/aromatic N) is 2. The van der Waals surface area contributed by atoms with Crippen molar-refractivity contribution < 1.29 is 9.72 Å². The van der Waals surface area contributed by atoms with Crippen LogP contribution in [0.25, 0.3) is 0 Å². The Morgan fingerprint density at radius 1 is 1.19 bits per heavy atom. The lowest BCUT2D eigenvalue weighted by atomic mass is 9.77. The normalized spacial score (nSPS) is 31.7. The van der Waals surface area contributed by atoms with Crippen LogP contribution >= 0.6 is 11.6 Å². The van der Waals surface area contributed by atoms with Gasteiger partial charge in [-0.1, -0.05) is 41.9 Å². The van der Waals surface area contributed by atoms with Crippen LogP contribution < -0.4 is 5.32 Å². The molecule has 7 heteroatoms. The number of amides is 1. The minimum absolute atomic E-state index is 0.0431. The fraction of sp³-hybridized carbons (Fsp3) is 0.350. The molecule has 0 bridgehead atoms. The predicted octanol–water partition coefficient (Wildman–Crippen LogP) is 3.39. The number of rotatable bonds is 2. The van der Waals surface area contributed by atoms with E-state index in [1.807, 2.05) is 36.4 Å². The molecule has 0 aromatic heterocycles. The maximum Gasteiger partial charge on any atom is 0.256 e. The Bertz CT molecular complexity index is 948. The molecular formula is C20H18ClN3O3. The van der Waals surface area contributed by atoms with Gasteiger partial charge in [0.25, 0.3) is 11.9 Å². The van der Waals surface area contributed by atoms with Gasteiger partial charge in [-0.2, -0.15) is 0 Å². The summed E-state index contributed by atoms with van der Waals surface area (Å²) in [7, 11) is 0. The van der Waals surface area contributed by atoms with E-state index in [-0.39, 0.29) is 22.8 Å². The molecule has 0 saturated carbocycles. The van der Waals surface area contributed by atoms with Crippen molar-refractivity contribution in [1.82, 2.24) is 4.90 Å². The molecule has 2 fully saturated rings. The number of nitrogens with one attached hydrogen (secondary N) is 1. The first-order valence-electron chi connectivity index (χ1n) is 9.12. The molecule has 0 unspecified atom stereocenters. The van der Waals surface area contributed by atoms with Crippen molar-refractivity contribution in [3.8, 4) is 0 Å². The Balaban J connectivity index is 1.76. The molecule has 3 heterocycles. The summed E-state index contributed by atoms with van der Waals surface area (Å²) in [5.41, 5.74) is 1.01. The van der Waals surface area contributed by atoms with Gasteiger partial charge in [0.05, 0.1) is 5.92 Å². The standard InChI is InChI=1S/C20H18ClN3O3/c21-13-9-7-12(8-10-13)17-16-6-3-11-23(16)20(18(17)24(26)27)14-4-1-2-5-15(14)22-19(20)25/h1-2,4-5,7-10,16-18H,3,6,11H2,(H,22,25)/t16-,17-,18-,20+/m1/s1. The molecule has 0 radical (unpaired) electrons. The number of para-hydroxylation sites is 1. The maximum absolute atomic E-state index is 13.3. The topological polar surface area (TPSA) is 75.5 Å². The lowest BCUT2D eigenvalue weighted by molar-refractivity contribution is -0.534. The molecule has 6 nitrogen and oxygen atoms in total. The van der Waals surface area contributed by atoms with Crippen molar-refractivity contribution in [2.45, 2.75) is 36.4 Å². The molecular weight excluding hydrogens is 366 g/mol. The minimum atomic E-state index is -1.26. The molecule has 2 aromatic rings. The van der Waals surface area contributed by atoms with Crippen LogP contribution in [0, 0.1) is 10.1 Å². The van der Waals surface area contributed by atoms with Crippen molar-refractivity contribution in [3.05, 3.63) is 74.8 Å². The van der Waals surface area contributed by atoms with Gasteiger partial charge in [-0.25, -0.2) is 0 Å². The first kappa shape index (κ1) is 16.7. The number of benzene rings is 2. The van der Waals surface area contributed by atoms with Gasteiger partial charge in [-0.3, -0.25) is 19.8 Å². The number of halogens is 1. The molecule has 5 rings (SSSR count). The van der Waals surface area contributed by atoms with E-state index in [2.05, 4.69) is 10.2 Å². The number of carbonyl (C=O) groups is 1. The number of hydrogen-bond donors (Lipinski definition) is 1. The zero-order valence-corrected chi connectivity index (χ0v) is 15.2. The van der Waals surface area contributed by atoms with E-state index in [4.69, 9.17) is 11.6 Å². The van der Waals surface area contributed by atoms with Gasteiger partial charge in [0, 0.05) is 33.8 Å². The van der Waals surface area contributed by atoms with Crippen molar-refractivity contribution in [2.24, 2.45) is 0 Å². The van der Waals surface area contributed by atoms with E-state index in [1.165, 1.54) is 0 Å². The Morgan fingerprint density at radius 3 is 2.67 bits per heavy atom.